The van der Waals surface area contributed by atoms with E-state index in [9.17, 15) is 13.2 Å². The van der Waals surface area contributed by atoms with Gasteiger partial charge in [-0.1, -0.05) is 48.5 Å². The molecule has 0 saturated carbocycles. The van der Waals surface area contributed by atoms with Crippen molar-refractivity contribution in [2.45, 2.75) is 31.7 Å². The van der Waals surface area contributed by atoms with Crippen LogP contribution in [-0.2, 0) is 6.61 Å². The van der Waals surface area contributed by atoms with Gasteiger partial charge >= 0.3 is 6.18 Å². The molecule has 0 fully saturated rings. The van der Waals surface area contributed by atoms with Crippen LogP contribution in [0.3, 0.4) is 0 Å². The number of alkyl halides is 3. The quantitative estimate of drug-likeness (QED) is 0.797. The number of hydrogen-bond acceptors (Lipinski definition) is 2. The fraction of sp³-hybridized carbons (Fsp3) is 0.294. The van der Waals surface area contributed by atoms with E-state index in [4.69, 9.17) is 10.5 Å². The second-order valence-electron chi connectivity index (χ2n) is 5.07. The van der Waals surface area contributed by atoms with Crippen molar-refractivity contribution in [3.05, 3.63) is 65.7 Å². The topological polar surface area (TPSA) is 35.2 Å². The zero-order chi connectivity index (χ0) is 16.0. The molecule has 0 radical (unpaired) electrons. The molecule has 0 aliphatic rings. The number of hydrogen-bond donors (Lipinski definition) is 1. The van der Waals surface area contributed by atoms with Gasteiger partial charge in [0, 0.05) is 18.0 Å². The van der Waals surface area contributed by atoms with Gasteiger partial charge in [0.25, 0.3) is 0 Å². The third-order valence-electron chi connectivity index (χ3n) is 3.29. The third kappa shape index (κ3) is 6.50. The monoisotopic (exact) mass is 345 g/mol. The Morgan fingerprint density at radius 1 is 0.957 bits per heavy atom. The molecule has 0 bridgehead atoms. The van der Waals surface area contributed by atoms with Crippen LogP contribution in [0.5, 0.6) is 5.75 Å². The summed E-state index contributed by atoms with van der Waals surface area (Å²) in [5.74, 6) is 0.529. The van der Waals surface area contributed by atoms with Gasteiger partial charge in [0.2, 0.25) is 0 Å². The molecule has 1 atom stereocenters. The Kier molecular flexibility index (Phi) is 7.39. The molecule has 0 unspecified atom stereocenters. The summed E-state index contributed by atoms with van der Waals surface area (Å²) in [7, 11) is 0. The van der Waals surface area contributed by atoms with E-state index in [1.165, 1.54) is 0 Å². The zero-order valence-electron chi connectivity index (χ0n) is 12.4. The number of para-hydroxylation sites is 1. The van der Waals surface area contributed by atoms with E-state index in [1.54, 1.807) is 24.3 Å². The first-order chi connectivity index (χ1) is 10.5. The summed E-state index contributed by atoms with van der Waals surface area (Å²) in [5.41, 5.74) is 7.48. The highest BCUT2D eigenvalue weighted by molar-refractivity contribution is 5.85. The molecular formula is C17H19ClF3NO. The van der Waals surface area contributed by atoms with Gasteiger partial charge in [-0.25, -0.2) is 0 Å². The molecule has 0 aliphatic carbocycles. The molecule has 0 heterocycles. The van der Waals surface area contributed by atoms with Crippen LogP contribution in [0.1, 0.15) is 30.0 Å². The van der Waals surface area contributed by atoms with Gasteiger partial charge in [0.1, 0.15) is 12.4 Å². The fourth-order valence-corrected chi connectivity index (χ4v) is 2.13. The molecule has 0 aliphatic heterocycles. The van der Waals surface area contributed by atoms with Gasteiger partial charge < -0.3 is 10.5 Å². The average Bonchev–Trinajstić information content (AvgIpc) is 2.51. The maximum atomic E-state index is 12.3. The van der Waals surface area contributed by atoms with Crippen molar-refractivity contribution >= 4 is 12.4 Å². The van der Waals surface area contributed by atoms with E-state index in [1.807, 2.05) is 30.3 Å². The van der Waals surface area contributed by atoms with Crippen molar-refractivity contribution < 1.29 is 17.9 Å². The highest BCUT2D eigenvalue weighted by Crippen LogP contribution is 2.30. The van der Waals surface area contributed by atoms with Crippen LogP contribution < -0.4 is 10.5 Å². The highest BCUT2D eigenvalue weighted by Gasteiger charge is 2.28. The first-order valence-corrected chi connectivity index (χ1v) is 7.04. The Labute approximate surface area is 139 Å². The van der Waals surface area contributed by atoms with Crippen LogP contribution in [0.2, 0.25) is 0 Å². The lowest BCUT2D eigenvalue weighted by atomic mass is 10.0. The van der Waals surface area contributed by atoms with Crippen molar-refractivity contribution in [2.75, 3.05) is 0 Å². The van der Waals surface area contributed by atoms with E-state index in [2.05, 4.69) is 0 Å². The van der Waals surface area contributed by atoms with Gasteiger partial charge in [-0.05, 0) is 18.1 Å². The molecular weight excluding hydrogens is 327 g/mol. The first-order valence-electron chi connectivity index (χ1n) is 7.04. The summed E-state index contributed by atoms with van der Waals surface area (Å²) < 4.78 is 42.7. The standard InChI is InChI=1S/C17H18F3NO.ClH/c18-17(19,20)11-10-15(21)14-8-4-5-9-16(14)22-12-13-6-2-1-3-7-13;/h1-9,15H,10-12,21H2;1H/t15-;/m0./s1. The van der Waals surface area contributed by atoms with E-state index in [0.29, 0.717) is 17.9 Å². The van der Waals surface area contributed by atoms with E-state index in [0.717, 1.165) is 5.56 Å². The second-order valence-corrected chi connectivity index (χ2v) is 5.07. The van der Waals surface area contributed by atoms with Crippen molar-refractivity contribution in [3.63, 3.8) is 0 Å². The molecule has 2 N–H and O–H groups in total. The smallest absolute Gasteiger partial charge is 0.389 e. The second kappa shape index (κ2) is 8.79. The third-order valence-corrected chi connectivity index (χ3v) is 3.29. The van der Waals surface area contributed by atoms with Crippen molar-refractivity contribution in [2.24, 2.45) is 5.73 Å². The molecule has 2 rings (SSSR count). The lowest BCUT2D eigenvalue weighted by molar-refractivity contribution is -0.136. The number of rotatable bonds is 6. The van der Waals surface area contributed by atoms with E-state index < -0.39 is 18.6 Å². The average molecular weight is 346 g/mol. The number of benzene rings is 2. The summed E-state index contributed by atoms with van der Waals surface area (Å²) in [6.07, 6.45) is -5.26. The van der Waals surface area contributed by atoms with Crippen LogP contribution >= 0.6 is 12.4 Å². The molecule has 0 saturated heterocycles. The van der Waals surface area contributed by atoms with Gasteiger partial charge in [0.05, 0.1) is 0 Å². The zero-order valence-corrected chi connectivity index (χ0v) is 13.2. The van der Waals surface area contributed by atoms with Gasteiger partial charge in [-0.15, -0.1) is 12.4 Å². The van der Waals surface area contributed by atoms with Crippen molar-refractivity contribution in [3.8, 4) is 5.75 Å². The maximum Gasteiger partial charge on any atom is 0.389 e. The lowest BCUT2D eigenvalue weighted by Crippen LogP contribution is -2.16. The lowest BCUT2D eigenvalue weighted by Gasteiger charge is -2.17. The summed E-state index contributed by atoms with van der Waals surface area (Å²) in [4.78, 5) is 0. The van der Waals surface area contributed by atoms with Crippen molar-refractivity contribution in [1.29, 1.82) is 0 Å². The Balaban J connectivity index is 0.00000264. The number of ether oxygens (including phenoxy) is 1. The highest BCUT2D eigenvalue weighted by atomic mass is 35.5. The van der Waals surface area contributed by atoms with E-state index >= 15 is 0 Å². The Morgan fingerprint density at radius 3 is 2.22 bits per heavy atom. The predicted molar refractivity (Wildman–Crippen MR) is 86.7 cm³/mol. The number of halogens is 4. The van der Waals surface area contributed by atoms with Gasteiger partial charge in [0.15, 0.2) is 0 Å². The summed E-state index contributed by atoms with van der Waals surface area (Å²) in [5, 5.41) is 0. The Bertz CT molecular complexity index is 590. The number of nitrogens with two attached hydrogens (primary N) is 1. The minimum Gasteiger partial charge on any atom is -0.489 e. The van der Waals surface area contributed by atoms with Crippen LogP contribution in [0, 0.1) is 0 Å². The normalized spacial score (nSPS) is 12.3. The Morgan fingerprint density at radius 2 is 1.57 bits per heavy atom. The largest absolute Gasteiger partial charge is 0.489 e. The Hall–Kier alpha value is -1.72. The molecule has 2 aromatic rings. The molecule has 0 aromatic heterocycles. The van der Waals surface area contributed by atoms with Crippen LogP contribution in [0.15, 0.2) is 54.6 Å². The molecule has 2 nitrogen and oxygen atoms in total. The molecule has 0 spiro atoms. The predicted octanol–water partition coefficient (Wildman–Crippen LogP) is 5.03. The summed E-state index contributed by atoms with van der Waals surface area (Å²) in [6.45, 7) is 0.351. The van der Waals surface area contributed by atoms with Gasteiger partial charge in [-0.2, -0.15) is 13.2 Å². The summed E-state index contributed by atoms with van der Waals surface area (Å²) in [6, 6.07) is 15.8. The van der Waals surface area contributed by atoms with E-state index in [-0.39, 0.29) is 18.8 Å². The van der Waals surface area contributed by atoms with Crippen LogP contribution in [0.4, 0.5) is 13.2 Å². The van der Waals surface area contributed by atoms with Gasteiger partial charge in [-0.3, -0.25) is 0 Å². The van der Waals surface area contributed by atoms with Crippen LogP contribution in [-0.4, -0.2) is 6.18 Å². The molecule has 126 valence electrons. The molecule has 23 heavy (non-hydrogen) atoms. The molecule has 0 amide bonds. The SMILES string of the molecule is Cl.N[C@@H](CCC(F)(F)F)c1ccccc1OCc1ccccc1. The summed E-state index contributed by atoms with van der Waals surface area (Å²) >= 11 is 0. The molecule has 6 heteroatoms. The van der Waals surface area contributed by atoms with Crippen LogP contribution in [0.25, 0.3) is 0 Å². The maximum absolute atomic E-state index is 12.3. The first kappa shape index (κ1) is 19.3. The molecule has 2 aromatic carbocycles. The minimum atomic E-state index is -4.20. The minimum absolute atomic E-state index is 0. The van der Waals surface area contributed by atoms with Crippen molar-refractivity contribution in [1.82, 2.24) is 0 Å². The fourth-order valence-electron chi connectivity index (χ4n) is 2.13.